The van der Waals surface area contributed by atoms with E-state index in [2.05, 4.69) is 4.90 Å². The molecule has 0 saturated carbocycles. The van der Waals surface area contributed by atoms with Crippen molar-refractivity contribution < 1.29 is 41.7 Å². The molecule has 4 aromatic carbocycles. The smallest absolute Gasteiger partial charge is 0.417 e. The van der Waals surface area contributed by atoms with Crippen LogP contribution in [0.2, 0.25) is 0 Å². The summed E-state index contributed by atoms with van der Waals surface area (Å²) in [7, 11) is 1.36. The summed E-state index contributed by atoms with van der Waals surface area (Å²) < 4.78 is 71.0. The van der Waals surface area contributed by atoms with Crippen LogP contribution in [0, 0.1) is 18.7 Å². The van der Waals surface area contributed by atoms with Crippen LogP contribution in [-0.2, 0) is 24.1 Å². The van der Waals surface area contributed by atoms with Gasteiger partial charge in [-0.25, -0.2) is 9.37 Å². The normalized spacial score (nSPS) is 18.5. The second-order valence-corrected chi connectivity index (χ2v) is 13.8. The van der Waals surface area contributed by atoms with Crippen LogP contribution in [0.25, 0.3) is 45.8 Å². The number of benzene rings is 4. The fourth-order valence-electron chi connectivity index (χ4n) is 7.38. The number of hydrogen-bond donors (Lipinski definition) is 2. The van der Waals surface area contributed by atoms with E-state index in [1.165, 1.54) is 31.4 Å². The number of nitrogens with zero attached hydrogens (tertiary/aromatic N) is 3. The molecule has 2 fully saturated rings. The van der Waals surface area contributed by atoms with E-state index in [-0.39, 0.29) is 47.2 Å². The van der Waals surface area contributed by atoms with Crippen molar-refractivity contribution in [2.75, 3.05) is 33.3 Å². The van der Waals surface area contributed by atoms with E-state index in [4.69, 9.17) is 14.1 Å². The second kappa shape index (κ2) is 14.8. The topological polar surface area (TPSA) is 99.3 Å². The maximum Gasteiger partial charge on any atom is 0.417 e. The number of aromatic nitrogens is 1. The van der Waals surface area contributed by atoms with E-state index in [0.29, 0.717) is 54.2 Å². The Kier molecular flexibility index (Phi) is 10.1. The van der Waals surface area contributed by atoms with E-state index in [0.717, 1.165) is 30.2 Å². The molecule has 2 aliphatic heterocycles. The largest absolute Gasteiger partial charge is 0.496 e. The highest BCUT2D eigenvalue weighted by Crippen LogP contribution is 2.39. The number of fused-ring (bicyclic) bond motifs is 1. The predicted octanol–water partition coefficient (Wildman–Crippen LogP) is 8.28. The molecule has 2 atom stereocenters. The number of ether oxygens (including phenoxy) is 1. The lowest BCUT2D eigenvalue weighted by molar-refractivity contribution is -0.141. The Morgan fingerprint density at radius 1 is 0.943 bits per heavy atom. The average molecular weight is 730 g/mol. The van der Waals surface area contributed by atoms with Gasteiger partial charge in [-0.15, -0.1) is 0 Å². The van der Waals surface area contributed by atoms with E-state index >= 15 is 4.39 Å². The molecule has 0 aliphatic carbocycles. The number of methoxy groups -OCH3 is 1. The van der Waals surface area contributed by atoms with Gasteiger partial charge in [0.05, 0.1) is 24.7 Å². The number of β-amino-alcohol motifs (C(OH)–C–C–N with tert-alkyl or cyclic N) is 1. The quantitative estimate of drug-likeness (QED) is 0.110. The summed E-state index contributed by atoms with van der Waals surface area (Å²) in [4.78, 5) is 20.1. The molecule has 0 bridgehead atoms. The van der Waals surface area contributed by atoms with Gasteiger partial charge in [0.15, 0.2) is 5.58 Å². The van der Waals surface area contributed by atoms with E-state index < -0.39 is 29.4 Å². The summed E-state index contributed by atoms with van der Waals surface area (Å²) in [5.41, 5.74) is 3.89. The molecule has 2 aliphatic rings. The Labute approximate surface area is 303 Å². The molecule has 2 saturated heterocycles. The van der Waals surface area contributed by atoms with Gasteiger partial charge in [0, 0.05) is 55.0 Å². The standard InChI is InChI=1S/C41H39F4N3O5/c1-24-31(6-4-7-32(24)39-46-35-17-25(9-12-36(35)53-39)20-47-16-14-30(49)23-47)33-8-3-5-26(38(33)42)10-11-27-19-37(52-2)29(18-34(27)41(43,44)45)22-48-15-13-28(21-48)40(50)51/h3-12,17-19,28,30,49H,13-16,20-23H2,1-2H3,(H,50,51)/b11-10+/t28-,30?/m1/s1. The van der Waals surface area contributed by atoms with Crippen molar-refractivity contribution in [3.05, 3.63) is 106 Å². The van der Waals surface area contributed by atoms with Gasteiger partial charge in [0.1, 0.15) is 17.1 Å². The first-order chi connectivity index (χ1) is 25.4. The minimum Gasteiger partial charge on any atom is -0.496 e. The van der Waals surface area contributed by atoms with Crippen LogP contribution >= 0.6 is 0 Å². The molecule has 3 heterocycles. The van der Waals surface area contributed by atoms with Crippen LogP contribution in [-0.4, -0.2) is 70.4 Å². The number of alkyl halides is 3. The third-order valence-electron chi connectivity index (χ3n) is 10.2. The number of likely N-dealkylation sites (tertiary alicyclic amines) is 2. The number of halogens is 4. The lowest BCUT2D eigenvalue weighted by Crippen LogP contribution is -2.23. The van der Waals surface area contributed by atoms with Gasteiger partial charge in [-0.1, -0.05) is 48.6 Å². The monoisotopic (exact) mass is 729 g/mol. The van der Waals surface area contributed by atoms with Crippen LogP contribution in [0.15, 0.2) is 71.1 Å². The van der Waals surface area contributed by atoms with Crippen LogP contribution in [0.4, 0.5) is 17.6 Å². The first kappa shape index (κ1) is 36.3. The zero-order valence-electron chi connectivity index (χ0n) is 29.3. The number of aliphatic hydroxyl groups is 1. The Bertz CT molecular complexity index is 2200. The van der Waals surface area contributed by atoms with Crippen LogP contribution in [0.5, 0.6) is 5.75 Å². The van der Waals surface area contributed by atoms with Gasteiger partial charge in [-0.2, -0.15) is 13.2 Å². The summed E-state index contributed by atoms with van der Waals surface area (Å²) in [6.07, 6.45) is -1.29. The highest BCUT2D eigenvalue weighted by molar-refractivity contribution is 5.82. The average Bonchev–Trinajstić information content (AvgIpc) is 3.88. The first-order valence-electron chi connectivity index (χ1n) is 17.5. The fourth-order valence-corrected chi connectivity index (χ4v) is 7.38. The van der Waals surface area contributed by atoms with Crippen LogP contribution in [0.3, 0.4) is 0 Å². The summed E-state index contributed by atoms with van der Waals surface area (Å²) >= 11 is 0. The fraction of sp³-hybridized carbons (Fsp3) is 0.317. The molecule has 2 N–H and O–H groups in total. The van der Waals surface area contributed by atoms with Gasteiger partial charge in [0.2, 0.25) is 5.89 Å². The number of aliphatic hydroxyl groups excluding tert-OH is 1. The number of hydrogen-bond acceptors (Lipinski definition) is 7. The maximum absolute atomic E-state index is 16.2. The van der Waals surface area contributed by atoms with Crippen molar-refractivity contribution in [2.24, 2.45) is 5.92 Å². The molecule has 276 valence electrons. The molecule has 5 aromatic rings. The van der Waals surface area contributed by atoms with Gasteiger partial charge in [-0.05, 0) is 78.9 Å². The Morgan fingerprint density at radius 3 is 2.38 bits per heavy atom. The highest BCUT2D eigenvalue weighted by Gasteiger charge is 2.35. The summed E-state index contributed by atoms with van der Waals surface area (Å²) in [5.74, 6) is -1.49. The number of rotatable bonds is 10. The van der Waals surface area contributed by atoms with Crippen molar-refractivity contribution in [3.63, 3.8) is 0 Å². The Hall–Kier alpha value is -5.04. The van der Waals surface area contributed by atoms with E-state index in [1.807, 2.05) is 31.2 Å². The van der Waals surface area contributed by atoms with Crippen LogP contribution < -0.4 is 4.74 Å². The zero-order valence-corrected chi connectivity index (χ0v) is 29.3. The molecule has 8 nitrogen and oxygen atoms in total. The van der Waals surface area contributed by atoms with Crippen molar-refractivity contribution in [3.8, 4) is 28.3 Å². The van der Waals surface area contributed by atoms with Gasteiger partial charge in [-0.3, -0.25) is 14.6 Å². The molecule has 1 unspecified atom stereocenters. The molecule has 7 rings (SSSR count). The summed E-state index contributed by atoms with van der Waals surface area (Å²) in [6, 6.07) is 18.3. The number of carboxylic acids is 1. The second-order valence-electron chi connectivity index (χ2n) is 13.8. The molecule has 0 radical (unpaired) electrons. The molecular formula is C41H39F4N3O5. The van der Waals surface area contributed by atoms with Gasteiger partial charge < -0.3 is 19.4 Å². The number of carbonyl (C=O) groups is 1. The summed E-state index contributed by atoms with van der Waals surface area (Å²) in [5, 5.41) is 19.2. The summed E-state index contributed by atoms with van der Waals surface area (Å²) in [6.45, 7) is 4.79. The first-order valence-corrected chi connectivity index (χ1v) is 17.5. The van der Waals surface area contributed by atoms with Gasteiger partial charge >= 0.3 is 12.1 Å². The molecule has 0 amide bonds. The van der Waals surface area contributed by atoms with Crippen molar-refractivity contribution in [1.29, 1.82) is 0 Å². The van der Waals surface area contributed by atoms with Crippen molar-refractivity contribution >= 4 is 29.2 Å². The lowest BCUT2D eigenvalue weighted by Gasteiger charge is -2.20. The van der Waals surface area contributed by atoms with Crippen molar-refractivity contribution in [1.82, 2.24) is 14.8 Å². The van der Waals surface area contributed by atoms with Crippen LogP contribution in [0.1, 0.15) is 46.2 Å². The molecule has 53 heavy (non-hydrogen) atoms. The number of oxazole rings is 1. The lowest BCUT2D eigenvalue weighted by atomic mass is 9.94. The minimum atomic E-state index is -4.71. The maximum atomic E-state index is 16.2. The molecular weight excluding hydrogens is 690 g/mol. The van der Waals surface area contributed by atoms with Gasteiger partial charge in [0.25, 0.3) is 0 Å². The molecule has 12 heteroatoms. The third kappa shape index (κ3) is 7.71. The number of carboxylic acid groups (broad SMARTS) is 1. The Balaban J connectivity index is 1.16. The van der Waals surface area contributed by atoms with E-state index in [9.17, 15) is 28.2 Å². The molecule has 0 spiro atoms. The van der Waals surface area contributed by atoms with Crippen molar-refractivity contribution in [2.45, 2.75) is 45.1 Å². The minimum absolute atomic E-state index is 0.0974. The molecule has 1 aromatic heterocycles. The highest BCUT2D eigenvalue weighted by atomic mass is 19.4. The SMILES string of the molecule is COc1cc(/C=C/c2cccc(-c3cccc(-c4nc5cc(CN6CCC(O)C6)ccc5o4)c3C)c2F)c(C(F)(F)F)cc1CN1CC[C@@H](C(=O)O)C1. The third-order valence-corrected chi connectivity index (χ3v) is 10.2. The zero-order chi connectivity index (χ0) is 37.4. The van der Waals surface area contributed by atoms with E-state index in [1.54, 1.807) is 29.2 Å². The number of aliphatic carboxylic acids is 1. The predicted molar refractivity (Wildman–Crippen MR) is 193 cm³/mol. The Morgan fingerprint density at radius 2 is 1.66 bits per heavy atom.